The molecule has 27 saturated carbocycles. The number of hydrogen-bond donors (Lipinski definition) is 0. The molecule has 32 aliphatic rings. The summed E-state index contributed by atoms with van der Waals surface area (Å²) in [6.45, 7) is 0. The normalized spacial score (nSPS) is 35.9. The molecule has 132 heavy (non-hydrogen) atoms. The van der Waals surface area contributed by atoms with Crippen LogP contribution < -0.4 is 0 Å². The van der Waals surface area contributed by atoms with Gasteiger partial charge in [0.2, 0.25) is 0 Å². The van der Waals surface area contributed by atoms with E-state index in [1.165, 1.54) is 462 Å². The summed E-state index contributed by atoms with van der Waals surface area (Å²) in [6.07, 6.45) is 178. The van der Waals surface area contributed by atoms with Gasteiger partial charge in [-0.15, -0.1) is 0 Å². The van der Waals surface area contributed by atoms with Gasteiger partial charge in [0.25, 0.3) is 0 Å². The molecule has 10 atom stereocenters. The lowest BCUT2D eigenvalue weighted by Gasteiger charge is -2.40. The molecule has 0 aromatic rings. The van der Waals surface area contributed by atoms with Gasteiger partial charge in [-0.25, -0.2) is 0 Å². The summed E-state index contributed by atoms with van der Waals surface area (Å²) >= 11 is 0. The molecule has 0 radical (unpaired) electrons. The fraction of sp³-hybridized carbons (Fsp3) is 0.894. The molecule has 0 aliphatic heterocycles. The van der Waals surface area contributed by atoms with Crippen molar-refractivity contribution in [1.29, 1.82) is 0 Å². The topological polar surface area (TPSA) is 0 Å². The zero-order valence-electron chi connectivity index (χ0n) is 88.9. The van der Waals surface area contributed by atoms with Crippen molar-refractivity contribution in [2.45, 2.75) is 629 Å². The smallest absolute Gasteiger partial charge is 0.0169 e. The van der Waals surface area contributed by atoms with E-state index in [4.69, 9.17) is 0 Å². The number of allylic oxidation sites excluding steroid dienone is 14. The van der Waals surface area contributed by atoms with E-state index in [1.807, 2.05) is 0 Å². The highest BCUT2D eigenvalue weighted by Gasteiger charge is 2.45. The third-order valence-electron chi connectivity index (χ3n) is 39.1. The van der Waals surface area contributed by atoms with Crippen LogP contribution in [-0.4, -0.2) is 0 Å². The molecule has 0 amide bonds. The maximum Gasteiger partial charge on any atom is -0.0169 e. The second kappa shape index (κ2) is 73.3. The minimum absolute atomic E-state index is 0.991. The lowest BCUT2D eigenvalue weighted by Crippen LogP contribution is -2.28. The first-order valence-electron chi connectivity index (χ1n) is 63.2. The van der Waals surface area contributed by atoms with Crippen LogP contribution in [0.3, 0.4) is 0 Å². The summed E-state index contributed by atoms with van der Waals surface area (Å²) in [7, 11) is 0. The van der Waals surface area contributed by atoms with Crippen molar-refractivity contribution in [3.63, 3.8) is 0 Å². The van der Waals surface area contributed by atoms with E-state index >= 15 is 0 Å². The van der Waals surface area contributed by atoms with Crippen molar-refractivity contribution < 1.29 is 0 Å². The van der Waals surface area contributed by atoms with Crippen molar-refractivity contribution in [3.05, 3.63) is 85.1 Å². The molecule has 0 saturated heterocycles. The Morgan fingerprint density at radius 2 is 0.311 bits per heavy atom. The van der Waals surface area contributed by atoms with Gasteiger partial charge in [-0.2, -0.15) is 0 Å². The van der Waals surface area contributed by atoms with Crippen LogP contribution in [0, 0.1) is 118 Å². The lowest BCUT2D eigenvalue weighted by molar-refractivity contribution is 0.116. The predicted octanol–water partition coefficient (Wildman–Crippen LogP) is 44.6. The van der Waals surface area contributed by atoms with E-state index in [9.17, 15) is 0 Å². The van der Waals surface area contributed by atoms with Gasteiger partial charge in [-0.1, -0.05) is 579 Å². The first-order valence-corrected chi connectivity index (χ1v) is 63.2. The molecule has 0 aromatic carbocycles. The van der Waals surface area contributed by atoms with Crippen molar-refractivity contribution in [3.8, 4) is 0 Å². The van der Waals surface area contributed by atoms with Crippen LogP contribution in [-0.2, 0) is 0 Å². The Bertz CT molecular complexity index is 2570. The summed E-state index contributed by atoms with van der Waals surface area (Å²) in [5.41, 5.74) is 0. The van der Waals surface area contributed by atoms with E-state index in [2.05, 4.69) is 85.1 Å². The zero-order chi connectivity index (χ0) is 90.7. The second-order valence-electron chi connectivity index (χ2n) is 50.1. The molecule has 10 unspecified atom stereocenters. The molecular weight excluding hydrogens is 1590 g/mol. The summed E-state index contributed by atoms with van der Waals surface area (Å²) in [4.78, 5) is 0. The Morgan fingerprint density at radius 3 is 0.424 bits per heavy atom. The van der Waals surface area contributed by atoms with Crippen LogP contribution >= 0.6 is 0 Å². The van der Waals surface area contributed by atoms with Crippen LogP contribution in [0.15, 0.2) is 85.1 Å². The van der Waals surface area contributed by atoms with Crippen LogP contribution in [0.4, 0.5) is 0 Å². The van der Waals surface area contributed by atoms with Crippen molar-refractivity contribution in [2.24, 2.45) is 118 Å². The summed E-state index contributed by atoms with van der Waals surface area (Å²) in [6, 6.07) is 0. The van der Waals surface area contributed by atoms with Crippen molar-refractivity contribution in [2.75, 3.05) is 0 Å². The van der Waals surface area contributed by atoms with Gasteiger partial charge in [-0.05, 0) is 253 Å². The van der Waals surface area contributed by atoms with E-state index in [0.29, 0.717) is 0 Å². The van der Waals surface area contributed by atoms with E-state index < -0.39 is 0 Å². The highest BCUT2D eigenvalue weighted by Crippen LogP contribution is 2.56. The minimum atomic E-state index is 0.991. The number of rotatable bonds is 0. The van der Waals surface area contributed by atoms with Gasteiger partial charge in [0, 0.05) is 0 Å². The molecule has 0 heterocycles. The Labute approximate surface area is 827 Å². The Hall–Kier alpha value is -1.82. The third-order valence-corrected chi connectivity index (χ3v) is 39.1. The molecule has 758 valence electrons. The average molecular weight is 1820 g/mol. The van der Waals surface area contributed by atoms with Crippen LogP contribution in [0.2, 0.25) is 0 Å². The van der Waals surface area contributed by atoms with E-state index in [-0.39, 0.29) is 0 Å². The second-order valence-corrected chi connectivity index (χ2v) is 50.1. The molecule has 0 nitrogen and oxygen atoms in total. The molecule has 32 aliphatic carbocycles. The standard InChI is InChI=1S/C10H18.2C9H16.2C8H14.C8H16.C7H12.C7H10.C7H12.C7H14.C6H10.C6H12.C6H10.2C6H8.C5H8.C5H10.C5H8.C4H8.C3H6/c1-2-6-10-8-4-3-7-9(10)5-1;2*1-2-5-9-7-3-6-8(9)4-1;1-3-7-5-2-6-8(7)4-1;1-2-8-5-3-7(1)4-6-8;1-2-4-6-8-7-5-3-1;2*1-2-7-4-3-6(1)5-7;1-2-6-4-7(3-1)5-6;1-2-4-6-7-5-3-1;1-2-5-4-6(5)3-1;4*1-2-4-6-5-3-1;1-2-5-3-4(1)5;2*1-2-4-5-3-1;1-2-4-3-1;1-2-3-1/h9-10H,1-8H2;2*8-9H,1-7H2;2*7-8H,1-6H2;1-8H2;6-7H,1-5H2;1-2,6-7H,3-5H2;6-7H,1-5H2;1-7H2;5-6H,1-4H2;1-6H2;1-2H,3-6H2;1-2,5-6H,3-4H2;1-4H,5-6H2;4-5H,1-3H2;1-5H2;1-2H,3-5H2;1-4H2;1-3H2. The van der Waals surface area contributed by atoms with Gasteiger partial charge in [0.05, 0.1) is 0 Å². The zero-order valence-corrected chi connectivity index (χ0v) is 88.9. The summed E-state index contributed by atoms with van der Waals surface area (Å²) in [5, 5.41) is 0. The van der Waals surface area contributed by atoms with Crippen molar-refractivity contribution in [1.82, 2.24) is 0 Å². The molecule has 8 bridgehead atoms. The van der Waals surface area contributed by atoms with Gasteiger partial charge in [-0.3, -0.25) is 0 Å². The highest BCUT2D eigenvalue weighted by atomic mass is 14.5. The van der Waals surface area contributed by atoms with E-state index in [1.54, 1.807) is 238 Å². The maximum atomic E-state index is 2.38. The molecule has 0 aromatic heterocycles. The third kappa shape index (κ3) is 51.7. The molecule has 0 N–H and O–H groups in total. The monoisotopic (exact) mass is 1820 g/mol. The van der Waals surface area contributed by atoms with Gasteiger partial charge in [0.1, 0.15) is 0 Å². The van der Waals surface area contributed by atoms with Crippen molar-refractivity contribution >= 4 is 0 Å². The van der Waals surface area contributed by atoms with Gasteiger partial charge < -0.3 is 0 Å². The fourth-order valence-corrected chi connectivity index (χ4v) is 29.1. The highest BCUT2D eigenvalue weighted by molar-refractivity contribution is 5.08. The van der Waals surface area contributed by atoms with Gasteiger partial charge in [0.15, 0.2) is 0 Å². The molecule has 27 fully saturated rings. The van der Waals surface area contributed by atoms with Crippen LogP contribution in [0.1, 0.15) is 629 Å². The molecule has 0 heteroatoms. The minimum Gasteiger partial charge on any atom is -0.0885 e. The largest absolute Gasteiger partial charge is 0.0885 e. The van der Waals surface area contributed by atoms with E-state index in [0.717, 1.165) is 48.3 Å². The fourth-order valence-electron chi connectivity index (χ4n) is 29.1. The lowest BCUT2D eigenvalue weighted by atomic mass is 9.65. The summed E-state index contributed by atoms with van der Waals surface area (Å²) < 4.78 is 0. The SMILES string of the molecule is C1=CC2CCC1C2.C1=CCC=CC1.C1=CCCC1.C1=CCCC=C1.C1=CCCCC1.C1CC1.C1CC2CC(C1)C2.C1CC2CC12.C1CC2CC2C1.C1CC2CCC1C2.C1CC2CCC1CC2.C1CC2CCCC2C1.C1CCC1.C1CCC2CCCC2C1.C1CCC2CCCC2C1.C1CCC2CCCCC2C1.C1CCCC1.C1CCCCC1.C1CCCCCC1.C1CCCCCCC1. The number of fused-ring (bicyclic) bond motifs is 15. The maximum absolute atomic E-state index is 2.38. The Morgan fingerprint density at radius 1 is 0.106 bits per heavy atom. The molecule has 0 spiro atoms. The predicted molar refractivity (Wildman–Crippen MR) is 586 cm³/mol. The number of hydrogen-bond acceptors (Lipinski definition) is 0. The molecular formula is C132H230. The Kier molecular flexibility index (Phi) is 61.4. The van der Waals surface area contributed by atoms with Gasteiger partial charge >= 0.3 is 0 Å². The molecule has 32 rings (SSSR count). The van der Waals surface area contributed by atoms with Crippen LogP contribution in [0.25, 0.3) is 0 Å². The first-order chi connectivity index (χ1) is 65.6. The van der Waals surface area contributed by atoms with Crippen LogP contribution in [0.5, 0.6) is 0 Å². The summed E-state index contributed by atoms with van der Waals surface area (Å²) in [5.74, 6) is 23.2. The quantitative estimate of drug-likeness (QED) is 0.168. The average Bonchev–Trinajstić information content (AvgIpc) is 1.64. The Balaban J connectivity index is 0.000000135. The first kappa shape index (κ1) is 111.